The molecule has 0 fully saturated rings. The third-order valence-corrected chi connectivity index (χ3v) is 3.56. The number of anilines is 1. The van der Waals surface area contributed by atoms with Crippen molar-refractivity contribution in [2.24, 2.45) is 0 Å². The Morgan fingerprint density at radius 2 is 1.72 bits per heavy atom. The van der Waals surface area contributed by atoms with E-state index in [4.69, 9.17) is 0 Å². The van der Waals surface area contributed by atoms with Gasteiger partial charge in [-0.25, -0.2) is 0 Å². The first-order valence-electron chi connectivity index (χ1n) is 7.05. The lowest BCUT2D eigenvalue weighted by Crippen LogP contribution is -1.94. The maximum absolute atomic E-state index is 3.31. The average molecular weight is 241 g/mol. The number of hydrogen-bond donors (Lipinski definition) is 1. The maximum Gasteiger partial charge on any atom is 0.0420 e. The van der Waals surface area contributed by atoms with Crippen LogP contribution in [0, 0.1) is 0 Å². The van der Waals surface area contributed by atoms with Crippen LogP contribution in [0.15, 0.2) is 36.4 Å². The second kappa shape index (κ2) is 6.44. The summed E-state index contributed by atoms with van der Waals surface area (Å²) in [6, 6.07) is 13.1. The van der Waals surface area contributed by atoms with E-state index < -0.39 is 0 Å². The lowest BCUT2D eigenvalue weighted by atomic mass is 9.98. The van der Waals surface area contributed by atoms with Gasteiger partial charge >= 0.3 is 0 Å². The molecule has 0 aliphatic rings. The molecule has 0 saturated carbocycles. The molecule has 1 N–H and O–H groups in total. The summed E-state index contributed by atoms with van der Waals surface area (Å²) in [5.74, 6) is 0. The summed E-state index contributed by atoms with van der Waals surface area (Å²) in [6.07, 6.45) is 6.48. The Bertz CT molecular complexity index is 497. The van der Waals surface area contributed by atoms with Gasteiger partial charge in [0.05, 0.1) is 0 Å². The molecule has 96 valence electrons. The standard InChI is InChI=1S/C17H23N/c1-3-4-5-6-9-14-10-7-11-15-12-8-13-16(18-2)17(14)15/h7-8,10-13,18H,3-6,9H2,1-2H3. The van der Waals surface area contributed by atoms with Crippen molar-refractivity contribution in [3.05, 3.63) is 42.0 Å². The number of benzene rings is 2. The van der Waals surface area contributed by atoms with Crippen molar-refractivity contribution in [1.82, 2.24) is 0 Å². The van der Waals surface area contributed by atoms with E-state index in [1.54, 1.807) is 0 Å². The van der Waals surface area contributed by atoms with Crippen molar-refractivity contribution < 1.29 is 0 Å². The summed E-state index contributed by atoms with van der Waals surface area (Å²) in [6.45, 7) is 2.26. The minimum absolute atomic E-state index is 1.19. The van der Waals surface area contributed by atoms with Crippen molar-refractivity contribution >= 4 is 16.5 Å². The van der Waals surface area contributed by atoms with E-state index in [2.05, 4.69) is 48.6 Å². The predicted octanol–water partition coefficient (Wildman–Crippen LogP) is 5.00. The Balaban J connectivity index is 2.26. The predicted molar refractivity (Wildman–Crippen MR) is 81.3 cm³/mol. The van der Waals surface area contributed by atoms with Gasteiger partial charge in [0.1, 0.15) is 0 Å². The monoisotopic (exact) mass is 241 g/mol. The van der Waals surface area contributed by atoms with Gasteiger partial charge in [-0.05, 0) is 29.9 Å². The van der Waals surface area contributed by atoms with E-state index in [1.165, 1.54) is 54.1 Å². The number of fused-ring (bicyclic) bond motifs is 1. The van der Waals surface area contributed by atoms with Gasteiger partial charge in [-0.1, -0.05) is 56.5 Å². The Labute approximate surface area is 110 Å². The van der Waals surface area contributed by atoms with E-state index in [9.17, 15) is 0 Å². The fourth-order valence-corrected chi connectivity index (χ4v) is 2.58. The third-order valence-electron chi connectivity index (χ3n) is 3.56. The molecule has 2 rings (SSSR count). The molecule has 0 unspecified atom stereocenters. The molecule has 2 aromatic rings. The molecule has 0 heterocycles. The SMILES string of the molecule is CCCCCCc1cccc2cccc(NC)c12. The highest BCUT2D eigenvalue weighted by Crippen LogP contribution is 2.28. The first-order valence-corrected chi connectivity index (χ1v) is 7.05. The quantitative estimate of drug-likeness (QED) is 0.701. The van der Waals surface area contributed by atoms with Crippen molar-refractivity contribution in [3.8, 4) is 0 Å². The van der Waals surface area contributed by atoms with Crippen LogP contribution in [0.25, 0.3) is 10.8 Å². The molecule has 0 aromatic heterocycles. The molecule has 0 bridgehead atoms. The second-order valence-corrected chi connectivity index (χ2v) is 4.88. The average Bonchev–Trinajstić information content (AvgIpc) is 2.43. The molecular formula is C17H23N. The van der Waals surface area contributed by atoms with E-state index in [0.29, 0.717) is 0 Å². The minimum atomic E-state index is 1.19. The molecular weight excluding hydrogens is 218 g/mol. The lowest BCUT2D eigenvalue weighted by molar-refractivity contribution is 0.668. The zero-order chi connectivity index (χ0) is 12.8. The fourth-order valence-electron chi connectivity index (χ4n) is 2.58. The van der Waals surface area contributed by atoms with E-state index in [1.807, 2.05) is 7.05 Å². The molecule has 18 heavy (non-hydrogen) atoms. The fraction of sp³-hybridized carbons (Fsp3) is 0.412. The van der Waals surface area contributed by atoms with Gasteiger partial charge in [0, 0.05) is 18.1 Å². The highest BCUT2D eigenvalue weighted by molar-refractivity contribution is 5.96. The van der Waals surface area contributed by atoms with Gasteiger partial charge in [-0.3, -0.25) is 0 Å². The topological polar surface area (TPSA) is 12.0 Å². The number of rotatable bonds is 6. The molecule has 0 radical (unpaired) electrons. The van der Waals surface area contributed by atoms with Crippen LogP contribution < -0.4 is 5.32 Å². The lowest BCUT2D eigenvalue weighted by Gasteiger charge is -2.11. The Morgan fingerprint density at radius 3 is 2.44 bits per heavy atom. The largest absolute Gasteiger partial charge is 0.388 e. The normalized spacial score (nSPS) is 10.8. The smallest absolute Gasteiger partial charge is 0.0420 e. The van der Waals surface area contributed by atoms with Crippen molar-refractivity contribution in [2.45, 2.75) is 39.0 Å². The van der Waals surface area contributed by atoms with Crippen LogP contribution in [0.5, 0.6) is 0 Å². The number of hydrogen-bond acceptors (Lipinski definition) is 1. The molecule has 2 aromatic carbocycles. The van der Waals surface area contributed by atoms with Crippen LogP contribution in [0.1, 0.15) is 38.2 Å². The Morgan fingerprint density at radius 1 is 0.944 bits per heavy atom. The maximum atomic E-state index is 3.31. The molecule has 0 aliphatic heterocycles. The van der Waals surface area contributed by atoms with Crippen molar-refractivity contribution in [2.75, 3.05) is 12.4 Å². The van der Waals surface area contributed by atoms with E-state index in [0.717, 1.165) is 0 Å². The summed E-state index contributed by atoms with van der Waals surface area (Å²) in [4.78, 5) is 0. The van der Waals surface area contributed by atoms with Gasteiger partial charge in [-0.2, -0.15) is 0 Å². The van der Waals surface area contributed by atoms with Crippen LogP contribution in [0.2, 0.25) is 0 Å². The molecule has 0 amide bonds. The number of nitrogens with one attached hydrogen (secondary N) is 1. The summed E-state index contributed by atoms with van der Waals surface area (Å²) >= 11 is 0. The van der Waals surface area contributed by atoms with E-state index in [-0.39, 0.29) is 0 Å². The van der Waals surface area contributed by atoms with Crippen LogP contribution in [-0.4, -0.2) is 7.05 Å². The van der Waals surface area contributed by atoms with E-state index >= 15 is 0 Å². The van der Waals surface area contributed by atoms with Gasteiger partial charge in [0.2, 0.25) is 0 Å². The summed E-state index contributed by atoms with van der Waals surface area (Å²) < 4.78 is 0. The van der Waals surface area contributed by atoms with Gasteiger partial charge in [-0.15, -0.1) is 0 Å². The Hall–Kier alpha value is -1.50. The second-order valence-electron chi connectivity index (χ2n) is 4.88. The number of aryl methyl sites for hydroxylation is 1. The van der Waals surface area contributed by atoms with Crippen LogP contribution in [0.3, 0.4) is 0 Å². The summed E-state index contributed by atoms with van der Waals surface area (Å²) in [7, 11) is 2.00. The van der Waals surface area contributed by atoms with Crippen LogP contribution >= 0.6 is 0 Å². The van der Waals surface area contributed by atoms with Crippen molar-refractivity contribution in [3.63, 3.8) is 0 Å². The number of unbranched alkanes of at least 4 members (excludes halogenated alkanes) is 3. The van der Waals surface area contributed by atoms with Gasteiger partial charge < -0.3 is 5.32 Å². The van der Waals surface area contributed by atoms with Gasteiger partial charge in [0.25, 0.3) is 0 Å². The summed E-state index contributed by atoms with van der Waals surface area (Å²) in [5, 5.41) is 6.06. The summed E-state index contributed by atoms with van der Waals surface area (Å²) in [5.41, 5.74) is 2.73. The molecule has 0 spiro atoms. The minimum Gasteiger partial charge on any atom is -0.388 e. The molecule has 0 aliphatic carbocycles. The third kappa shape index (κ3) is 2.84. The molecule has 0 saturated heterocycles. The highest BCUT2D eigenvalue weighted by atomic mass is 14.8. The molecule has 1 heteroatoms. The first kappa shape index (κ1) is 12.9. The van der Waals surface area contributed by atoms with Crippen LogP contribution in [0.4, 0.5) is 5.69 Å². The van der Waals surface area contributed by atoms with Crippen LogP contribution in [-0.2, 0) is 6.42 Å². The molecule has 0 atom stereocenters. The Kier molecular flexibility index (Phi) is 4.63. The van der Waals surface area contributed by atoms with Crippen molar-refractivity contribution in [1.29, 1.82) is 0 Å². The molecule has 1 nitrogen and oxygen atoms in total. The first-order chi connectivity index (χ1) is 8.86. The highest BCUT2D eigenvalue weighted by Gasteiger charge is 2.04. The zero-order valence-corrected chi connectivity index (χ0v) is 11.5. The zero-order valence-electron chi connectivity index (χ0n) is 11.5. The van der Waals surface area contributed by atoms with Gasteiger partial charge in [0.15, 0.2) is 0 Å².